The molecule has 0 aliphatic carbocycles. The Kier molecular flexibility index (Phi) is 4.18. The molecule has 5 nitrogen and oxygen atoms in total. The summed E-state index contributed by atoms with van der Waals surface area (Å²) in [6, 6.07) is 10.7. The normalized spacial score (nSPS) is 11.3. The van der Waals surface area contributed by atoms with Crippen LogP contribution in [0.25, 0.3) is 11.3 Å². The van der Waals surface area contributed by atoms with Crippen LogP contribution in [0.5, 0.6) is 11.5 Å². The van der Waals surface area contributed by atoms with Crippen LogP contribution in [0.15, 0.2) is 54.7 Å². The molecule has 0 spiro atoms. The van der Waals surface area contributed by atoms with E-state index in [0.29, 0.717) is 11.3 Å². The largest absolute Gasteiger partial charge is 0.504 e. The van der Waals surface area contributed by atoms with Crippen molar-refractivity contribution in [2.24, 2.45) is 0 Å². The van der Waals surface area contributed by atoms with E-state index in [1.807, 2.05) is 0 Å². The number of alkyl halides is 3. The number of nitrogens with one attached hydrogen (secondary N) is 1. The maximum atomic E-state index is 13.0. The minimum atomic E-state index is -4.51. The van der Waals surface area contributed by atoms with Gasteiger partial charge < -0.3 is 15.5 Å². The number of phenols is 2. The average Bonchev–Trinajstić information content (AvgIpc) is 2.57. The lowest BCUT2D eigenvalue weighted by atomic mass is 10.1. The first-order valence-corrected chi connectivity index (χ1v) is 7.13. The van der Waals surface area contributed by atoms with E-state index in [2.05, 4.69) is 15.3 Å². The molecular formula is C17H12F3N3O2. The molecule has 0 aliphatic heterocycles. The fraction of sp³-hybridized carbons (Fsp3) is 0.0588. The van der Waals surface area contributed by atoms with Crippen molar-refractivity contribution in [3.8, 4) is 22.8 Å². The number of hydrogen-bond donors (Lipinski definition) is 3. The highest BCUT2D eigenvalue weighted by atomic mass is 19.4. The highest BCUT2D eigenvalue weighted by Crippen LogP contribution is 2.35. The van der Waals surface area contributed by atoms with Gasteiger partial charge in [0.1, 0.15) is 0 Å². The Morgan fingerprint density at radius 2 is 1.68 bits per heavy atom. The number of aromatic hydroxyl groups is 2. The van der Waals surface area contributed by atoms with E-state index in [4.69, 9.17) is 0 Å². The van der Waals surface area contributed by atoms with E-state index in [1.54, 1.807) is 0 Å². The Balaban J connectivity index is 1.94. The van der Waals surface area contributed by atoms with Crippen molar-refractivity contribution in [2.75, 3.05) is 5.32 Å². The molecule has 128 valence electrons. The molecule has 0 amide bonds. The van der Waals surface area contributed by atoms with Crippen LogP contribution >= 0.6 is 0 Å². The van der Waals surface area contributed by atoms with Gasteiger partial charge in [-0.05, 0) is 36.4 Å². The summed E-state index contributed by atoms with van der Waals surface area (Å²) >= 11 is 0. The Morgan fingerprint density at radius 3 is 2.40 bits per heavy atom. The van der Waals surface area contributed by atoms with Gasteiger partial charge in [0.25, 0.3) is 0 Å². The Bertz CT molecular complexity index is 914. The summed E-state index contributed by atoms with van der Waals surface area (Å²) in [7, 11) is 0. The van der Waals surface area contributed by atoms with Crippen LogP contribution in [-0.2, 0) is 6.18 Å². The second kappa shape index (κ2) is 6.31. The zero-order valence-electron chi connectivity index (χ0n) is 12.6. The summed E-state index contributed by atoms with van der Waals surface area (Å²) in [6.07, 6.45) is -3.13. The molecule has 0 aliphatic rings. The maximum absolute atomic E-state index is 13.0. The first kappa shape index (κ1) is 16.6. The van der Waals surface area contributed by atoms with E-state index in [1.165, 1.54) is 48.7 Å². The third-order valence-corrected chi connectivity index (χ3v) is 3.41. The van der Waals surface area contributed by atoms with Gasteiger partial charge in [-0.2, -0.15) is 13.2 Å². The fourth-order valence-electron chi connectivity index (χ4n) is 2.22. The summed E-state index contributed by atoms with van der Waals surface area (Å²) in [6.45, 7) is 0. The molecule has 0 saturated heterocycles. The van der Waals surface area contributed by atoms with E-state index in [9.17, 15) is 23.4 Å². The maximum Gasteiger partial charge on any atom is 0.418 e. The van der Waals surface area contributed by atoms with Gasteiger partial charge in [0.15, 0.2) is 11.5 Å². The van der Waals surface area contributed by atoms with Gasteiger partial charge in [0, 0.05) is 11.8 Å². The van der Waals surface area contributed by atoms with Gasteiger partial charge in [-0.1, -0.05) is 12.1 Å². The minimum Gasteiger partial charge on any atom is -0.504 e. The first-order valence-electron chi connectivity index (χ1n) is 7.13. The Morgan fingerprint density at radius 1 is 0.920 bits per heavy atom. The van der Waals surface area contributed by atoms with Crippen molar-refractivity contribution in [1.29, 1.82) is 0 Å². The van der Waals surface area contributed by atoms with E-state index in [-0.39, 0.29) is 23.1 Å². The van der Waals surface area contributed by atoms with Gasteiger partial charge in [-0.15, -0.1) is 0 Å². The van der Waals surface area contributed by atoms with Gasteiger partial charge >= 0.3 is 6.18 Å². The molecule has 3 rings (SSSR count). The van der Waals surface area contributed by atoms with Crippen LogP contribution in [0.4, 0.5) is 24.8 Å². The third-order valence-electron chi connectivity index (χ3n) is 3.41. The summed E-state index contributed by atoms with van der Waals surface area (Å²) in [5.74, 6) is -0.634. The zero-order valence-corrected chi connectivity index (χ0v) is 12.6. The SMILES string of the molecule is Oc1ccc(-c2ccnc(Nc3ccccc3C(F)(F)F)n2)cc1O. The van der Waals surface area contributed by atoms with Crippen LogP contribution in [0, 0.1) is 0 Å². The number of benzene rings is 2. The second-order valence-corrected chi connectivity index (χ2v) is 5.14. The summed E-state index contributed by atoms with van der Waals surface area (Å²) in [5, 5.41) is 21.5. The lowest BCUT2D eigenvalue weighted by Crippen LogP contribution is -2.09. The lowest BCUT2D eigenvalue weighted by Gasteiger charge is -2.13. The van der Waals surface area contributed by atoms with Crippen molar-refractivity contribution >= 4 is 11.6 Å². The van der Waals surface area contributed by atoms with E-state index < -0.39 is 11.7 Å². The van der Waals surface area contributed by atoms with Crippen LogP contribution in [0.2, 0.25) is 0 Å². The predicted octanol–water partition coefficient (Wildman–Crippen LogP) is 4.32. The van der Waals surface area contributed by atoms with Crippen molar-refractivity contribution in [3.05, 3.63) is 60.3 Å². The van der Waals surface area contributed by atoms with Crippen molar-refractivity contribution in [1.82, 2.24) is 9.97 Å². The van der Waals surface area contributed by atoms with Gasteiger partial charge in [0.2, 0.25) is 5.95 Å². The summed E-state index contributed by atoms with van der Waals surface area (Å²) in [5.41, 5.74) is -0.144. The first-order chi connectivity index (χ1) is 11.8. The fourth-order valence-corrected chi connectivity index (χ4v) is 2.22. The van der Waals surface area contributed by atoms with Crippen LogP contribution in [0.3, 0.4) is 0 Å². The van der Waals surface area contributed by atoms with E-state index in [0.717, 1.165) is 6.07 Å². The monoisotopic (exact) mass is 347 g/mol. The third kappa shape index (κ3) is 3.63. The van der Waals surface area contributed by atoms with Crippen molar-refractivity contribution in [3.63, 3.8) is 0 Å². The summed E-state index contributed by atoms with van der Waals surface area (Å²) in [4.78, 5) is 8.07. The minimum absolute atomic E-state index is 0.0261. The number of halogens is 3. The second-order valence-electron chi connectivity index (χ2n) is 5.14. The molecular weight excluding hydrogens is 335 g/mol. The van der Waals surface area contributed by atoms with Gasteiger partial charge in [-0.3, -0.25) is 0 Å². The van der Waals surface area contributed by atoms with Crippen LogP contribution in [0.1, 0.15) is 5.56 Å². The van der Waals surface area contributed by atoms with Crippen LogP contribution in [-0.4, -0.2) is 20.2 Å². The zero-order chi connectivity index (χ0) is 18.0. The molecule has 1 aromatic heterocycles. The molecule has 0 saturated carbocycles. The number of para-hydroxylation sites is 1. The summed E-state index contributed by atoms with van der Waals surface area (Å²) < 4.78 is 39.1. The molecule has 0 radical (unpaired) electrons. The predicted molar refractivity (Wildman–Crippen MR) is 85.5 cm³/mol. The smallest absolute Gasteiger partial charge is 0.418 e. The lowest BCUT2D eigenvalue weighted by molar-refractivity contribution is -0.136. The van der Waals surface area contributed by atoms with Crippen molar-refractivity contribution < 1.29 is 23.4 Å². The quantitative estimate of drug-likeness (QED) is 0.615. The number of phenolic OH excluding ortho intramolecular Hbond substituents is 2. The Labute approximate surface area is 140 Å². The molecule has 3 N–H and O–H groups in total. The Hall–Kier alpha value is -3.29. The molecule has 0 bridgehead atoms. The topological polar surface area (TPSA) is 78.3 Å². The number of nitrogens with zero attached hydrogens (tertiary/aromatic N) is 2. The average molecular weight is 347 g/mol. The highest BCUT2D eigenvalue weighted by Gasteiger charge is 2.33. The number of aromatic nitrogens is 2. The van der Waals surface area contributed by atoms with Gasteiger partial charge in [0.05, 0.1) is 16.9 Å². The molecule has 0 atom stereocenters. The molecule has 25 heavy (non-hydrogen) atoms. The highest BCUT2D eigenvalue weighted by molar-refractivity contribution is 5.66. The number of rotatable bonds is 3. The molecule has 0 fully saturated rings. The molecule has 3 aromatic rings. The van der Waals surface area contributed by atoms with E-state index >= 15 is 0 Å². The molecule has 0 unspecified atom stereocenters. The van der Waals surface area contributed by atoms with Crippen LogP contribution < -0.4 is 5.32 Å². The standard InChI is InChI=1S/C17H12F3N3O2/c18-17(19,20)11-3-1-2-4-13(11)23-16-21-8-7-12(22-16)10-5-6-14(24)15(25)9-10/h1-9,24-25H,(H,21,22,23). The van der Waals surface area contributed by atoms with Crippen molar-refractivity contribution in [2.45, 2.75) is 6.18 Å². The van der Waals surface area contributed by atoms with Gasteiger partial charge in [-0.25, -0.2) is 9.97 Å². The molecule has 2 aromatic carbocycles. The molecule has 8 heteroatoms. The number of anilines is 2. The number of hydrogen-bond acceptors (Lipinski definition) is 5. The molecule has 1 heterocycles.